The smallest absolute Gasteiger partial charge is 0.224 e. The van der Waals surface area contributed by atoms with Crippen LogP contribution in [0.5, 0.6) is 0 Å². The minimum absolute atomic E-state index is 0.205. The lowest BCUT2D eigenvalue weighted by molar-refractivity contribution is 1.07. The van der Waals surface area contributed by atoms with Gasteiger partial charge in [-0.15, -0.1) is 0 Å². The van der Waals surface area contributed by atoms with E-state index < -0.39 is 0 Å². The summed E-state index contributed by atoms with van der Waals surface area (Å²) in [5, 5.41) is 7.61. The van der Waals surface area contributed by atoms with Crippen molar-refractivity contribution in [3.8, 4) is 0 Å². The molecular formula is C5H2BrClN4. The topological polar surface area (TPSA) is 54.5 Å². The first-order valence-electron chi connectivity index (χ1n) is 2.79. The van der Waals surface area contributed by atoms with Crippen LogP contribution in [0.1, 0.15) is 0 Å². The van der Waals surface area contributed by atoms with Crippen molar-refractivity contribution in [3.63, 3.8) is 0 Å². The van der Waals surface area contributed by atoms with Crippen molar-refractivity contribution in [2.75, 3.05) is 0 Å². The maximum absolute atomic E-state index is 5.54. The molecule has 1 N–H and O–H groups in total. The van der Waals surface area contributed by atoms with Crippen molar-refractivity contribution in [3.05, 3.63) is 16.1 Å². The van der Waals surface area contributed by atoms with Crippen LogP contribution in [0.3, 0.4) is 0 Å². The second-order valence-electron chi connectivity index (χ2n) is 1.91. The summed E-state index contributed by atoms with van der Waals surface area (Å²) in [6.45, 7) is 0. The van der Waals surface area contributed by atoms with Crippen LogP contribution in [0, 0.1) is 0 Å². The fraction of sp³-hybridized carbons (Fsp3) is 0. The van der Waals surface area contributed by atoms with E-state index in [9.17, 15) is 0 Å². The Balaban J connectivity index is 2.86. The number of fused-ring (bicyclic) bond motifs is 1. The highest BCUT2D eigenvalue weighted by atomic mass is 79.9. The Labute approximate surface area is 75.1 Å². The standard InChI is InChI=1S/C5H2BrClN4/c6-3-2-1-8-5(7)9-4(2)11-10-3/h1H,(H,8,9,10,11). The average Bonchev–Trinajstić information content (AvgIpc) is 2.32. The van der Waals surface area contributed by atoms with Crippen LogP contribution in [0.15, 0.2) is 10.8 Å². The SMILES string of the molecule is Clc1ncc2c(Br)[nH]nc2n1. The molecule has 2 heterocycles. The van der Waals surface area contributed by atoms with Gasteiger partial charge in [-0.25, -0.2) is 4.98 Å². The van der Waals surface area contributed by atoms with E-state index in [4.69, 9.17) is 11.6 Å². The predicted octanol–water partition coefficient (Wildman–Crippen LogP) is 1.77. The summed E-state index contributed by atoms with van der Waals surface area (Å²) in [7, 11) is 0. The Morgan fingerprint density at radius 1 is 1.55 bits per heavy atom. The maximum atomic E-state index is 5.54. The normalized spacial score (nSPS) is 10.7. The highest BCUT2D eigenvalue weighted by Crippen LogP contribution is 2.18. The van der Waals surface area contributed by atoms with E-state index in [2.05, 4.69) is 36.1 Å². The molecule has 6 heteroatoms. The van der Waals surface area contributed by atoms with Crippen LogP contribution in [-0.4, -0.2) is 20.2 Å². The van der Waals surface area contributed by atoms with Gasteiger partial charge in [0.15, 0.2) is 5.65 Å². The number of nitrogens with zero attached hydrogens (tertiary/aromatic N) is 3. The Bertz CT molecular complexity index is 398. The minimum Gasteiger partial charge on any atom is -0.269 e. The van der Waals surface area contributed by atoms with Crippen LogP contribution in [-0.2, 0) is 0 Å². The van der Waals surface area contributed by atoms with E-state index in [1.165, 1.54) is 0 Å². The van der Waals surface area contributed by atoms with Gasteiger partial charge in [0.25, 0.3) is 0 Å². The molecule has 4 nitrogen and oxygen atoms in total. The summed E-state index contributed by atoms with van der Waals surface area (Å²) in [5.74, 6) is 0. The van der Waals surface area contributed by atoms with Crippen LogP contribution < -0.4 is 0 Å². The minimum atomic E-state index is 0.205. The number of aromatic amines is 1. The third-order valence-corrected chi connectivity index (χ3v) is 2.02. The van der Waals surface area contributed by atoms with Gasteiger partial charge in [-0.3, -0.25) is 5.10 Å². The lowest BCUT2D eigenvalue weighted by Gasteiger charge is -1.86. The lowest BCUT2D eigenvalue weighted by Crippen LogP contribution is -1.80. The molecule has 0 bridgehead atoms. The van der Waals surface area contributed by atoms with Crippen LogP contribution in [0.2, 0.25) is 5.28 Å². The first kappa shape index (κ1) is 7.00. The summed E-state index contributed by atoms with van der Waals surface area (Å²) >= 11 is 8.79. The number of hydrogen-bond donors (Lipinski definition) is 1. The van der Waals surface area contributed by atoms with Crippen molar-refractivity contribution in [2.24, 2.45) is 0 Å². The molecule has 2 rings (SSSR count). The summed E-state index contributed by atoms with van der Waals surface area (Å²) in [5.41, 5.74) is 0.567. The first-order valence-corrected chi connectivity index (χ1v) is 3.96. The summed E-state index contributed by atoms with van der Waals surface area (Å²) < 4.78 is 0.768. The van der Waals surface area contributed by atoms with Gasteiger partial charge in [-0.2, -0.15) is 10.1 Å². The van der Waals surface area contributed by atoms with Crippen LogP contribution >= 0.6 is 27.5 Å². The summed E-state index contributed by atoms with van der Waals surface area (Å²) in [4.78, 5) is 7.68. The molecule has 0 aromatic carbocycles. The largest absolute Gasteiger partial charge is 0.269 e. The van der Waals surface area contributed by atoms with Gasteiger partial charge in [0.05, 0.1) is 5.39 Å². The molecule has 0 fully saturated rings. The third kappa shape index (κ3) is 1.10. The molecule has 0 amide bonds. The predicted molar refractivity (Wildman–Crippen MR) is 44.4 cm³/mol. The second kappa shape index (κ2) is 2.42. The van der Waals surface area contributed by atoms with E-state index >= 15 is 0 Å². The van der Waals surface area contributed by atoms with Gasteiger partial charge < -0.3 is 0 Å². The Morgan fingerprint density at radius 2 is 2.36 bits per heavy atom. The van der Waals surface area contributed by atoms with Gasteiger partial charge in [0, 0.05) is 6.20 Å². The quantitative estimate of drug-likeness (QED) is 0.706. The number of H-pyrrole nitrogens is 1. The molecule has 0 aliphatic carbocycles. The zero-order valence-electron chi connectivity index (χ0n) is 5.17. The van der Waals surface area contributed by atoms with Gasteiger partial charge in [-0.1, -0.05) is 0 Å². The Hall–Kier alpha value is -0.680. The second-order valence-corrected chi connectivity index (χ2v) is 3.04. The third-order valence-electron chi connectivity index (χ3n) is 1.24. The molecule has 11 heavy (non-hydrogen) atoms. The molecule has 2 aromatic heterocycles. The molecule has 0 saturated carbocycles. The molecule has 2 aromatic rings. The molecule has 0 spiro atoms. The average molecular weight is 233 g/mol. The summed E-state index contributed by atoms with van der Waals surface area (Å²) in [6.07, 6.45) is 1.61. The fourth-order valence-electron chi connectivity index (χ4n) is 0.754. The van der Waals surface area contributed by atoms with Gasteiger partial charge in [0.2, 0.25) is 5.28 Å². The monoisotopic (exact) mass is 232 g/mol. The van der Waals surface area contributed by atoms with Crippen molar-refractivity contribution >= 4 is 38.6 Å². The van der Waals surface area contributed by atoms with Crippen molar-refractivity contribution < 1.29 is 0 Å². The number of aromatic nitrogens is 4. The van der Waals surface area contributed by atoms with E-state index in [0.29, 0.717) is 5.65 Å². The first-order chi connectivity index (χ1) is 5.27. The van der Waals surface area contributed by atoms with E-state index in [1.807, 2.05) is 0 Å². The van der Waals surface area contributed by atoms with Gasteiger partial charge in [0.1, 0.15) is 4.60 Å². The van der Waals surface area contributed by atoms with Crippen molar-refractivity contribution in [1.82, 2.24) is 20.2 Å². The molecule has 0 aliphatic heterocycles. The fourth-order valence-corrected chi connectivity index (χ4v) is 1.25. The molecule has 0 radical (unpaired) electrons. The molecule has 0 atom stereocenters. The molecular weight excluding hydrogens is 231 g/mol. The number of nitrogens with one attached hydrogen (secondary N) is 1. The Morgan fingerprint density at radius 3 is 3.18 bits per heavy atom. The molecule has 56 valence electrons. The molecule has 0 saturated heterocycles. The zero-order valence-corrected chi connectivity index (χ0v) is 7.52. The van der Waals surface area contributed by atoms with E-state index in [1.54, 1.807) is 6.20 Å². The van der Waals surface area contributed by atoms with E-state index in [-0.39, 0.29) is 5.28 Å². The van der Waals surface area contributed by atoms with Gasteiger partial charge in [-0.05, 0) is 27.5 Å². The summed E-state index contributed by atoms with van der Waals surface area (Å²) in [6, 6.07) is 0. The zero-order chi connectivity index (χ0) is 7.84. The maximum Gasteiger partial charge on any atom is 0.224 e. The van der Waals surface area contributed by atoms with Crippen LogP contribution in [0.25, 0.3) is 11.0 Å². The Kier molecular flexibility index (Phi) is 1.54. The van der Waals surface area contributed by atoms with Crippen molar-refractivity contribution in [2.45, 2.75) is 0 Å². The number of hydrogen-bond acceptors (Lipinski definition) is 3. The number of rotatable bonds is 0. The lowest BCUT2D eigenvalue weighted by atomic mass is 10.5. The highest BCUT2D eigenvalue weighted by Gasteiger charge is 2.03. The molecule has 0 unspecified atom stereocenters. The van der Waals surface area contributed by atoms with Crippen LogP contribution in [0.4, 0.5) is 0 Å². The van der Waals surface area contributed by atoms with E-state index in [0.717, 1.165) is 9.99 Å². The molecule has 0 aliphatic rings. The van der Waals surface area contributed by atoms with Crippen molar-refractivity contribution in [1.29, 1.82) is 0 Å². The van der Waals surface area contributed by atoms with Gasteiger partial charge >= 0.3 is 0 Å². The number of halogens is 2. The highest BCUT2D eigenvalue weighted by molar-refractivity contribution is 9.10.